The predicted molar refractivity (Wildman–Crippen MR) is 93.4 cm³/mol. The van der Waals surface area contributed by atoms with Gasteiger partial charge in [0.2, 0.25) is 18.5 Å². The molecule has 0 unspecified atom stereocenters. The van der Waals surface area contributed by atoms with E-state index >= 15 is 0 Å². The van der Waals surface area contributed by atoms with Crippen LogP contribution in [-0.4, -0.2) is 65.4 Å². The first-order chi connectivity index (χ1) is 13.4. The van der Waals surface area contributed by atoms with Gasteiger partial charge in [-0.05, 0) is 12.1 Å². The van der Waals surface area contributed by atoms with Crippen LogP contribution in [0.15, 0.2) is 42.5 Å². The lowest BCUT2D eigenvalue weighted by Crippen LogP contribution is -2.65. The van der Waals surface area contributed by atoms with Crippen LogP contribution in [0.1, 0.15) is 6.92 Å². The van der Waals surface area contributed by atoms with E-state index in [0.29, 0.717) is 12.0 Å². The maximum Gasteiger partial charge on any atom is 0.462 e. The number of benzene rings is 1. The highest BCUT2D eigenvalue weighted by Crippen LogP contribution is 2.26. The Kier molecular flexibility index (Phi) is 7.55. The highest BCUT2D eigenvalue weighted by atomic mass is 16.7. The van der Waals surface area contributed by atoms with Gasteiger partial charge in [0.15, 0.2) is 6.10 Å². The number of nitro groups is 1. The summed E-state index contributed by atoms with van der Waals surface area (Å²) in [4.78, 5) is 21.6. The third kappa shape index (κ3) is 5.31. The number of carbonyl (C=O) groups is 1. The molecule has 3 N–H and O–H groups in total. The quantitative estimate of drug-likeness (QED) is 0.306. The molecule has 0 saturated carbocycles. The molecule has 11 heteroatoms. The van der Waals surface area contributed by atoms with E-state index in [1.165, 1.54) is 6.92 Å². The van der Waals surface area contributed by atoms with Gasteiger partial charge in [0.25, 0.3) is 0 Å². The SMILES string of the molecule is COC(=CO[C@H]1[C@H](O)[C@H](NC(C)=O)[C@@H](Oc2ccccc2)O[C@@H]1CO)[N+](=O)[O-]. The van der Waals surface area contributed by atoms with Crippen LogP contribution in [0.2, 0.25) is 0 Å². The van der Waals surface area contributed by atoms with E-state index in [0.717, 1.165) is 7.11 Å². The standard InChI is InChI=1S/C17H22N2O9/c1-10(21)18-14-15(22)16(26-9-13(25-2)19(23)24)12(8-20)28-17(14)27-11-6-4-3-5-7-11/h3-7,9,12,14-17,20,22H,8H2,1-2H3,(H,18,21)/t12-,14+,15-,16-,17+/m1/s1. The summed E-state index contributed by atoms with van der Waals surface area (Å²) in [6.45, 7) is 0.674. The first-order valence-electron chi connectivity index (χ1n) is 8.34. The number of aliphatic hydroxyl groups is 2. The summed E-state index contributed by atoms with van der Waals surface area (Å²) in [5.74, 6) is -0.752. The van der Waals surface area contributed by atoms with Crippen LogP contribution in [0, 0.1) is 10.1 Å². The number of nitrogens with zero attached hydrogens (tertiary/aromatic N) is 1. The Morgan fingerprint density at radius 1 is 1.39 bits per heavy atom. The van der Waals surface area contributed by atoms with Gasteiger partial charge in [-0.1, -0.05) is 18.2 Å². The fourth-order valence-electron chi connectivity index (χ4n) is 2.66. The molecule has 1 aromatic rings. The Morgan fingerprint density at radius 2 is 2.07 bits per heavy atom. The molecule has 0 aliphatic carbocycles. The molecule has 5 atom stereocenters. The van der Waals surface area contributed by atoms with Crippen molar-refractivity contribution >= 4 is 5.91 Å². The second kappa shape index (κ2) is 9.88. The monoisotopic (exact) mass is 398 g/mol. The van der Waals surface area contributed by atoms with E-state index in [4.69, 9.17) is 14.2 Å². The van der Waals surface area contributed by atoms with Crippen molar-refractivity contribution in [3.05, 3.63) is 52.6 Å². The number of para-hydroxylation sites is 1. The lowest BCUT2D eigenvalue weighted by molar-refractivity contribution is -0.463. The molecule has 28 heavy (non-hydrogen) atoms. The van der Waals surface area contributed by atoms with E-state index < -0.39 is 54.0 Å². The van der Waals surface area contributed by atoms with E-state index in [1.807, 2.05) is 0 Å². The minimum Gasteiger partial charge on any atom is -0.482 e. The lowest BCUT2D eigenvalue weighted by Gasteiger charge is -2.43. The summed E-state index contributed by atoms with van der Waals surface area (Å²) in [6.07, 6.45) is -4.18. The number of nitrogens with one attached hydrogen (secondary N) is 1. The Bertz CT molecular complexity index is 697. The second-order valence-corrected chi connectivity index (χ2v) is 5.89. The molecule has 0 bridgehead atoms. The maximum absolute atomic E-state index is 11.6. The first-order valence-corrected chi connectivity index (χ1v) is 8.34. The topological polar surface area (TPSA) is 150 Å². The molecule has 2 rings (SSSR count). The van der Waals surface area contributed by atoms with Gasteiger partial charge in [0.05, 0.1) is 13.7 Å². The number of carbonyl (C=O) groups excluding carboxylic acids is 1. The zero-order chi connectivity index (χ0) is 20.7. The van der Waals surface area contributed by atoms with Gasteiger partial charge in [-0.2, -0.15) is 0 Å². The molecule has 1 fully saturated rings. The molecule has 1 aliphatic rings. The highest BCUT2D eigenvalue weighted by Gasteiger charge is 2.48. The van der Waals surface area contributed by atoms with Gasteiger partial charge >= 0.3 is 5.88 Å². The van der Waals surface area contributed by atoms with Gasteiger partial charge < -0.3 is 34.5 Å². The number of hydrogen-bond acceptors (Lipinski definition) is 9. The highest BCUT2D eigenvalue weighted by molar-refractivity contribution is 5.73. The van der Waals surface area contributed by atoms with E-state index in [-0.39, 0.29) is 0 Å². The van der Waals surface area contributed by atoms with E-state index in [2.05, 4.69) is 10.1 Å². The van der Waals surface area contributed by atoms with Crippen molar-refractivity contribution < 1.29 is 38.9 Å². The maximum atomic E-state index is 11.6. The Hall–Kier alpha value is -2.89. The molecular formula is C17H22N2O9. The average Bonchev–Trinajstić information content (AvgIpc) is 2.66. The summed E-state index contributed by atoms with van der Waals surface area (Å²) < 4.78 is 21.2. The molecule has 1 amide bonds. The zero-order valence-corrected chi connectivity index (χ0v) is 15.3. The number of methoxy groups -OCH3 is 1. The summed E-state index contributed by atoms with van der Waals surface area (Å²) in [7, 11) is 1.08. The third-order valence-corrected chi connectivity index (χ3v) is 3.93. The number of aliphatic hydroxyl groups excluding tert-OH is 2. The van der Waals surface area contributed by atoms with Crippen LogP contribution < -0.4 is 10.1 Å². The number of rotatable bonds is 8. The van der Waals surface area contributed by atoms with E-state index in [1.54, 1.807) is 30.3 Å². The fraction of sp³-hybridized carbons (Fsp3) is 0.471. The van der Waals surface area contributed by atoms with Crippen LogP contribution in [0.5, 0.6) is 5.75 Å². The molecule has 0 spiro atoms. The van der Waals surface area contributed by atoms with Crippen LogP contribution >= 0.6 is 0 Å². The van der Waals surface area contributed by atoms with Crippen molar-refractivity contribution in [1.29, 1.82) is 0 Å². The van der Waals surface area contributed by atoms with Crippen LogP contribution in [0.3, 0.4) is 0 Å². The largest absolute Gasteiger partial charge is 0.482 e. The van der Waals surface area contributed by atoms with Crippen molar-refractivity contribution in [1.82, 2.24) is 5.32 Å². The normalized spacial score (nSPS) is 27.6. The second-order valence-electron chi connectivity index (χ2n) is 5.89. The molecule has 154 valence electrons. The first kappa shape index (κ1) is 21.4. The van der Waals surface area contributed by atoms with Crippen molar-refractivity contribution in [2.75, 3.05) is 13.7 Å². The zero-order valence-electron chi connectivity index (χ0n) is 15.3. The van der Waals surface area contributed by atoms with Crippen molar-refractivity contribution in [2.45, 2.75) is 37.6 Å². The number of amides is 1. The average molecular weight is 398 g/mol. The molecule has 0 radical (unpaired) electrons. The van der Waals surface area contributed by atoms with Gasteiger partial charge in [-0.15, -0.1) is 0 Å². The van der Waals surface area contributed by atoms with Crippen molar-refractivity contribution in [3.8, 4) is 5.75 Å². The molecule has 1 saturated heterocycles. The number of ether oxygens (including phenoxy) is 4. The van der Waals surface area contributed by atoms with Crippen LogP contribution in [-0.2, 0) is 19.0 Å². The van der Waals surface area contributed by atoms with E-state index in [9.17, 15) is 25.1 Å². The molecular weight excluding hydrogens is 376 g/mol. The third-order valence-electron chi connectivity index (χ3n) is 3.93. The van der Waals surface area contributed by atoms with Gasteiger partial charge in [0, 0.05) is 6.92 Å². The van der Waals surface area contributed by atoms with Gasteiger partial charge in [0.1, 0.15) is 28.9 Å². The Morgan fingerprint density at radius 3 is 2.61 bits per heavy atom. The summed E-state index contributed by atoms with van der Waals surface area (Å²) in [5, 5.41) is 33.6. The smallest absolute Gasteiger partial charge is 0.462 e. The van der Waals surface area contributed by atoms with Crippen LogP contribution in [0.4, 0.5) is 0 Å². The summed E-state index contributed by atoms with van der Waals surface area (Å²) >= 11 is 0. The minimum absolute atomic E-state index is 0.418. The summed E-state index contributed by atoms with van der Waals surface area (Å²) in [6, 6.07) is 7.48. The lowest BCUT2D eigenvalue weighted by atomic mass is 9.96. The van der Waals surface area contributed by atoms with Gasteiger partial charge in [-0.3, -0.25) is 14.9 Å². The molecule has 1 aliphatic heterocycles. The summed E-state index contributed by atoms with van der Waals surface area (Å²) in [5.41, 5.74) is 0. The molecule has 0 aromatic heterocycles. The molecule has 1 aromatic carbocycles. The Balaban J connectivity index is 2.25. The van der Waals surface area contributed by atoms with Gasteiger partial charge in [-0.25, -0.2) is 0 Å². The predicted octanol–water partition coefficient (Wildman–Crippen LogP) is -0.245. The van der Waals surface area contributed by atoms with Crippen molar-refractivity contribution in [3.63, 3.8) is 0 Å². The van der Waals surface area contributed by atoms with Crippen molar-refractivity contribution in [2.24, 2.45) is 0 Å². The Labute approximate surface area is 160 Å². The molecule has 11 nitrogen and oxygen atoms in total. The fourth-order valence-corrected chi connectivity index (χ4v) is 2.66. The molecule has 1 heterocycles. The number of hydrogen-bond donors (Lipinski definition) is 3. The minimum atomic E-state index is -1.41. The van der Waals surface area contributed by atoms with Crippen LogP contribution in [0.25, 0.3) is 0 Å².